The van der Waals surface area contributed by atoms with Crippen LogP contribution in [0.2, 0.25) is 5.02 Å². The molecule has 3 aromatic heterocycles. The van der Waals surface area contributed by atoms with Gasteiger partial charge in [0.1, 0.15) is 11.6 Å². The van der Waals surface area contributed by atoms with Gasteiger partial charge in [0.05, 0.1) is 34.1 Å². The van der Waals surface area contributed by atoms with Gasteiger partial charge in [0.2, 0.25) is 0 Å². The summed E-state index contributed by atoms with van der Waals surface area (Å²) < 4.78 is 26.8. The monoisotopic (exact) mass is 648 g/mol. The third-order valence-electron chi connectivity index (χ3n) is 8.32. The molecular weight excluding hydrogens is 615 g/mol. The topological polar surface area (TPSA) is 123 Å². The zero-order valence-electron chi connectivity index (χ0n) is 26.2. The summed E-state index contributed by atoms with van der Waals surface area (Å²) >= 11 is 6.80. The Labute approximate surface area is 269 Å². The molecule has 11 nitrogen and oxygen atoms in total. The van der Waals surface area contributed by atoms with Crippen LogP contribution in [-0.2, 0) is 19.1 Å². The van der Waals surface area contributed by atoms with E-state index in [1.807, 2.05) is 38.7 Å². The van der Waals surface area contributed by atoms with Gasteiger partial charge >= 0.3 is 11.7 Å². The normalized spacial score (nSPS) is 19.5. The lowest BCUT2D eigenvalue weighted by molar-refractivity contribution is -0.144. The maximum atomic E-state index is 15.0. The van der Waals surface area contributed by atoms with Crippen LogP contribution in [0.4, 0.5) is 10.2 Å². The summed E-state index contributed by atoms with van der Waals surface area (Å²) in [6, 6.07) is 9.39. The number of pyridine rings is 2. The van der Waals surface area contributed by atoms with E-state index in [1.54, 1.807) is 42.3 Å². The van der Waals surface area contributed by atoms with Crippen molar-refractivity contribution in [1.29, 1.82) is 0 Å². The summed E-state index contributed by atoms with van der Waals surface area (Å²) in [5, 5.41) is 0.678. The first-order valence-electron chi connectivity index (χ1n) is 15.2. The predicted molar refractivity (Wildman–Crippen MR) is 171 cm³/mol. The molecule has 0 saturated carbocycles. The number of fused-ring (bicyclic) bond motifs is 1. The molecule has 2 saturated heterocycles. The standard InChI is InChI=1S/C33H34ClFN6O5/c1-6-45-32(43)28-27(46-28)31(42)39-13-14-40(19(5)16-39)29-21-15-22(34)25(20-9-7-8-10-23(20)35)37-30(21)41(33(44)38-29)26-18(4)11-12-36-24(26)17(2)3/h7-12,15,17,19,27-28H,6,13-14,16H2,1-5H3/t19-,27-,28-/m0/s1. The Bertz CT molecular complexity index is 1920. The lowest BCUT2D eigenvalue weighted by atomic mass is 10.0. The van der Waals surface area contributed by atoms with Crippen molar-refractivity contribution < 1.29 is 23.5 Å². The summed E-state index contributed by atoms with van der Waals surface area (Å²) in [4.78, 5) is 56.8. The van der Waals surface area contributed by atoms with Gasteiger partial charge in [-0.1, -0.05) is 37.6 Å². The van der Waals surface area contributed by atoms with E-state index in [0.717, 1.165) is 5.56 Å². The number of amides is 1. The van der Waals surface area contributed by atoms with Gasteiger partial charge in [-0.05, 0) is 56.5 Å². The van der Waals surface area contributed by atoms with Crippen LogP contribution < -0.4 is 10.6 Å². The molecule has 240 valence electrons. The van der Waals surface area contributed by atoms with Gasteiger partial charge in [-0.3, -0.25) is 9.78 Å². The Balaban J connectivity index is 1.45. The molecule has 0 aliphatic carbocycles. The summed E-state index contributed by atoms with van der Waals surface area (Å²) in [7, 11) is 0. The van der Waals surface area contributed by atoms with Crippen LogP contribution in [0.5, 0.6) is 0 Å². The molecule has 0 radical (unpaired) electrons. The molecule has 0 N–H and O–H groups in total. The van der Waals surface area contributed by atoms with E-state index in [1.165, 1.54) is 10.6 Å². The molecule has 46 heavy (non-hydrogen) atoms. The minimum atomic E-state index is -0.887. The lowest BCUT2D eigenvalue weighted by Gasteiger charge is -2.40. The Morgan fingerprint density at radius 3 is 2.61 bits per heavy atom. The number of aromatic nitrogens is 4. The van der Waals surface area contributed by atoms with Crippen molar-refractivity contribution in [3.05, 3.63) is 75.2 Å². The van der Waals surface area contributed by atoms with Crippen LogP contribution in [0, 0.1) is 12.7 Å². The van der Waals surface area contributed by atoms with E-state index in [2.05, 4.69) is 9.97 Å². The maximum absolute atomic E-state index is 15.0. The molecule has 13 heteroatoms. The maximum Gasteiger partial charge on any atom is 0.355 e. The molecule has 4 aromatic rings. The number of hydrogen-bond acceptors (Lipinski definition) is 9. The second-order valence-electron chi connectivity index (χ2n) is 11.8. The lowest BCUT2D eigenvalue weighted by Crippen LogP contribution is -2.55. The van der Waals surface area contributed by atoms with Crippen molar-refractivity contribution in [2.24, 2.45) is 0 Å². The molecule has 6 rings (SSSR count). The number of aryl methyl sites for hydroxylation is 1. The largest absolute Gasteiger partial charge is 0.464 e. The number of carbonyl (C=O) groups is 2. The summed E-state index contributed by atoms with van der Waals surface area (Å²) in [6.07, 6.45) is -0.0524. The Morgan fingerprint density at radius 2 is 1.91 bits per heavy atom. The van der Waals surface area contributed by atoms with Crippen LogP contribution >= 0.6 is 11.6 Å². The molecule has 0 spiro atoms. The molecule has 0 unspecified atom stereocenters. The highest BCUT2D eigenvalue weighted by atomic mass is 35.5. The first-order chi connectivity index (χ1) is 22.0. The number of rotatable bonds is 7. The van der Waals surface area contributed by atoms with E-state index in [4.69, 9.17) is 26.1 Å². The van der Waals surface area contributed by atoms with E-state index in [0.29, 0.717) is 42.2 Å². The second kappa shape index (κ2) is 12.4. The molecular formula is C33H34ClFN6O5. The van der Waals surface area contributed by atoms with Crippen LogP contribution in [0.3, 0.4) is 0 Å². The number of hydrogen-bond donors (Lipinski definition) is 0. The fraction of sp³-hybridized carbons (Fsp3) is 0.394. The van der Waals surface area contributed by atoms with Crippen LogP contribution in [0.15, 0.2) is 47.4 Å². The molecule has 1 amide bonds. The number of ether oxygens (including phenoxy) is 2. The number of piperazine rings is 1. The quantitative estimate of drug-likeness (QED) is 0.211. The molecule has 3 atom stereocenters. The van der Waals surface area contributed by atoms with Crippen molar-refractivity contribution in [2.45, 2.75) is 58.8 Å². The smallest absolute Gasteiger partial charge is 0.355 e. The van der Waals surface area contributed by atoms with Crippen LogP contribution in [-0.4, -0.2) is 80.8 Å². The van der Waals surface area contributed by atoms with Gasteiger partial charge in [0.25, 0.3) is 5.91 Å². The number of carbonyl (C=O) groups excluding carboxylic acids is 2. The van der Waals surface area contributed by atoms with Crippen molar-refractivity contribution in [1.82, 2.24) is 24.4 Å². The highest BCUT2D eigenvalue weighted by Gasteiger charge is 2.53. The number of esters is 1. The molecule has 1 aromatic carbocycles. The number of epoxide rings is 1. The molecule has 2 aliphatic rings. The first-order valence-corrected chi connectivity index (χ1v) is 15.6. The fourth-order valence-corrected chi connectivity index (χ4v) is 6.26. The van der Waals surface area contributed by atoms with Crippen molar-refractivity contribution >= 4 is 40.3 Å². The highest BCUT2D eigenvalue weighted by Crippen LogP contribution is 2.36. The molecule has 5 heterocycles. The molecule has 0 bridgehead atoms. The minimum Gasteiger partial charge on any atom is -0.464 e. The van der Waals surface area contributed by atoms with E-state index in [9.17, 15) is 14.4 Å². The summed E-state index contributed by atoms with van der Waals surface area (Å²) in [5.41, 5.74) is 2.10. The molecule has 2 fully saturated rings. The van der Waals surface area contributed by atoms with Crippen molar-refractivity contribution in [2.75, 3.05) is 31.1 Å². The Hall–Kier alpha value is -4.42. The fourth-order valence-electron chi connectivity index (χ4n) is 6.01. The first kappa shape index (κ1) is 31.6. The van der Waals surface area contributed by atoms with E-state index >= 15 is 4.39 Å². The Morgan fingerprint density at radius 1 is 1.15 bits per heavy atom. The van der Waals surface area contributed by atoms with Gasteiger partial charge in [0, 0.05) is 37.4 Å². The van der Waals surface area contributed by atoms with Gasteiger partial charge in [-0.2, -0.15) is 4.98 Å². The van der Waals surface area contributed by atoms with Crippen LogP contribution in [0.25, 0.3) is 28.0 Å². The Kier molecular flexibility index (Phi) is 8.51. The number of halogens is 2. The zero-order chi connectivity index (χ0) is 32.9. The average Bonchev–Trinajstić information content (AvgIpc) is 3.83. The van der Waals surface area contributed by atoms with Crippen molar-refractivity contribution in [3.63, 3.8) is 0 Å². The van der Waals surface area contributed by atoms with Gasteiger partial charge in [-0.25, -0.2) is 23.5 Å². The SMILES string of the molecule is CCOC(=O)[C@H]1O[C@@H]1C(=O)N1CCN(c2nc(=O)n(-c3c(C)ccnc3C(C)C)c3nc(-c4ccccc4F)c(Cl)cc23)[C@@H](C)C1. The van der Waals surface area contributed by atoms with E-state index < -0.39 is 29.7 Å². The predicted octanol–water partition coefficient (Wildman–Crippen LogP) is 4.43. The summed E-state index contributed by atoms with van der Waals surface area (Å²) in [5.74, 6) is -1.01. The second-order valence-corrected chi connectivity index (χ2v) is 12.2. The number of anilines is 1. The van der Waals surface area contributed by atoms with Crippen LogP contribution in [0.1, 0.15) is 44.9 Å². The minimum absolute atomic E-state index is 0.0284. The summed E-state index contributed by atoms with van der Waals surface area (Å²) in [6.45, 7) is 10.6. The van der Waals surface area contributed by atoms with Gasteiger partial charge in [-0.15, -0.1) is 0 Å². The number of benzene rings is 1. The van der Waals surface area contributed by atoms with E-state index in [-0.39, 0.29) is 46.4 Å². The number of nitrogens with zero attached hydrogens (tertiary/aromatic N) is 6. The van der Waals surface area contributed by atoms with Gasteiger partial charge in [0.15, 0.2) is 17.9 Å². The zero-order valence-corrected chi connectivity index (χ0v) is 26.9. The average molecular weight is 649 g/mol. The molecule has 2 aliphatic heterocycles. The highest BCUT2D eigenvalue weighted by molar-refractivity contribution is 6.33. The van der Waals surface area contributed by atoms with Crippen molar-refractivity contribution in [3.8, 4) is 16.9 Å². The third-order valence-corrected chi connectivity index (χ3v) is 8.61. The van der Waals surface area contributed by atoms with Gasteiger partial charge < -0.3 is 19.3 Å². The third kappa shape index (κ3) is 5.60.